The molecule has 3 heterocycles. The molecule has 1 spiro atoms. The summed E-state index contributed by atoms with van der Waals surface area (Å²) >= 11 is 1.59. The molecule has 7 heteroatoms. The van der Waals surface area contributed by atoms with Crippen LogP contribution in [0.4, 0.5) is 4.39 Å². The Kier molecular flexibility index (Phi) is 3.65. The van der Waals surface area contributed by atoms with Gasteiger partial charge in [-0.3, -0.25) is 4.99 Å². The average molecular weight is 379 g/mol. The van der Waals surface area contributed by atoms with Crippen LogP contribution < -0.4 is 9.47 Å². The van der Waals surface area contributed by atoms with Gasteiger partial charge in [-0.25, -0.2) is 14.4 Å². The largest absolute Gasteiger partial charge is 0.497 e. The molecule has 1 atom stereocenters. The molecule has 0 aliphatic carbocycles. The highest BCUT2D eigenvalue weighted by Gasteiger charge is 2.45. The Labute approximate surface area is 159 Å². The number of methoxy groups -OCH3 is 1. The maximum atomic E-state index is 14.7. The smallest absolute Gasteiger partial charge is 0.169 e. The summed E-state index contributed by atoms with van der Waals surface area (Å²) in [5, 5.41) is 0. The number of aromatic nitrogens is 2. The SMILES string of the molecule is COc1cc(F)c2c(c1)[C@@]1(CSC=N1)c1cc(-c3cncnc3)ccc1O2. The molecule has 27 heavy (non-hydrogen) atoms. The minimum atomic E-state index is -0.714. The van der Waals surface area contributed by atoms with E-state index >= 15 is 0 Å². The Balaban J connectivity index is 1.75. The van der Waals surface area contributed by atoms with Crippen molar-refractivity contribution in [1.29, 1.82) is 0 Å². The number of hydrogen-bond donors (Lipinski definition) is 0. The Morgan fingerprint density at radius 2 is 1.96 bits per heavy atom. The molecule has 2 aliphatic rings. The van der Waals surface area contributed by atoms with Crippen molar-refractivity contribution in [3.63, 3.8) is 0 Å². The number of benzene rings is 2. The second kappa shape index (κ2) is 6.06. The number of thioether (sulfide) groups is 1. The average Bonchev–Trinajstić information content (AvgIpc) is 3.20. The van der Waals surface area contributed by atoms with E-state index in [0.717, 1.165) is 16.7 Å². The lowest BCUT2D eigenvalue weighted by atomic mass is 9.81. The summed E-state index contributed by atoms with van der Waals surface area (Å²) in [7, 11) is 1.52. The molecule has 2 aromatic carbocycles. The first-order valence-electron chi connectivity index (χ1n) is 8.32. The van der Waals surface area contributed by atoms with E-state index in [1.54, 1.807) is 24.2 Å². The molecule has 3 aromatic rings. The van der Waals surface area contributed by atoms with Gasteiger partial charge in [0.1, 0.15) is 23.4 Å². The highest BCUT2D eigenvalue weighted by molar-refractivity contribution is 8.12. The number of halogens is 1. The van der Waals surface area contributed by atoms with E-state index in [9.17, 15) is 4.39 Å². The van der Waals surface area contributed by atoms with Gasteiger partial charge >= 0.3 is 0 Å². The normalized spacial score (nSPS) is 19.5. The summed E-state index contributed by atoms with van der Waals surface area (Å²) in [5.41, 5.74) is 4.52. The van der Waals surface area contributed by atoms with Crippen LogP contribution in [-0.2, 0) is 5.54 Å². The van der Waals surface area contributed by atoms with Gasteiger partial charge in [0.2, 0.25) is 0 Å². The van der Waals surface area contributed by atoms with Crippen LogP contribution in [0.1, 0.15) is 11.1 Å². The van der Waals surface area contributed by atoms with E-state index < -0.39 is 11.4 Å². The summed E-state index contributed by atoms with van der Waals surface area (Å²) in [5.74, 6) is 1.46. The number of rotatable bonds is 2. The van der Waals surface area contributed by atoms with Gasteiger partial charge in [0.25, 0.3) is 0 Å². The van der Waals surface area contributed by atoms with Gasteiger partial charge in [-0.15, -0.1) is 11.8 Å². The summed E-state index contributed by atoms with van der Waals surface area (Å²) in [6.07, 6.45) is 5.01. The number of aliphatic imine (C=N–C) groups is 1. The highest BCUT2D eigenvalue weighted by atomic mass is 32.2. The standard InChI is InChI=1S/C20H14FN3O2S/c1-25-14-5-16-19(17(21)6-14)26-18-3-2-12(13-7-22-10-23-8-13)4-15(18)20(16)9-27-11-24-20/h2-8,10-11H,9H2,1H3/t20-/m1/s1. The summed E-state index contributed by atoms with van der Waals surface area (Å²) in [4.78, 5) is 12.9. The molecule has 5 nitrogen and oxygen atoms in total. The molecule has 0 N–H and O–H groups in total. The zero-order valence-corrected chi connectivity index (χ0v) is 15.2. The fourth-order valence-electron chi connectivity index (χ4n) is 3.54. The van der Waals surface area contributed by atoms with E-state index in [0.29, 0.717) is 22.8 Å². The molecule has 0 saturated heterocycles. The molecule has 0 radical (unpaired) electrons. The van der Waals surface area contributed by atoms with Crippen LogP contribution >= 0.6 is 11.8 Å². The third kappa shape index (κ3) is 2.42. The first kappa shape index (κ1) is 16.3. The van der Waals surface area contributed by atoms with Gasteiger partial charge in [-0.1, -0.05) is 6.07 Å². The van der Waals surface area contributed by atoms with E-state index in [-0.39, 0.29) is 5.75 Å². The molecule has 1 aromatic heterocycles. The summed E-state index contributed by atoms with van der Waals surface area (Å²) < 4.78 is 25.9. The fourth-order valence-corrected chi connectivity index (χ4v) is 4.50. The lowest BCUT2D eigenvalue weighted by Crippen LogP contribution is -2.30. The van der Waals surface area contributed by atoms with E-state index in [1.165, 1.54) is 19.5 Å². The Bertz CT molecular complexity index is 1070. The summed E-state index contributed by atoms with van der Waals surface area (Å²) in [6, 6.07) is 8.94. The van der Waals surface area contributed by atoms with Crippen LogP contribution in [0.3, 0.4) is 0 Å². The van der Waals surface area contributed by atoms with Gasteiger partial charge in [0.15, 0.2) is 11.6 Å². The number of ether oxygens (including phenoxy) is 2. The molecular formula is C20H14FN3O2S. The third-order valence-corrected chi connectivity index (χ3v) is 5.71. The van der Waals surface area contributed by atoms with Crippen LogP contribution in [0.25, 0.3) is 11.1 Å². The van der Waals surface area contributed by atoms with Crippen molar-refractivity contribution in [3.05, 3.63) is 66.0 Å². The van der Waals surface area contributed by atoms with Gasteiger partial charge in [0.05, 0.1) is 12.7 Å². The minimum absolute atomic E-state index is 0.207. The zero-order valence-electron chi connectivity index (χ0n) is 14.3. The van der Waals surface area contributed by atoms with Crippen LogP contribution in [0, 0.1) is 5.82 Å². The molecule has 0 bridgehead atoms. The lowest BCUT2D eigenvalue weighted by molar-refractivity contribution is 0.374. The maximum Gasteiger partial charge on any atom is 0.169 e. The Morgan fingerprint density at radius 3 is 2.70 bits per heavy atom. The summed E-state index contributed by atoms with van der Waals surface area (Å²) in [6.45, 7) is 0. The van der Waals surface area contributed by atoms with Crippen LogP contribution in [0.5, 0.6) is 17.2 Å². The molecule has 2 aliphatic heterocycles. The zero-order chi connectivity index (χ0) is 18.4. The number of hydrogen-bond acceptors (Lipinski definition) is 6. The van der Waals surface area contributed by atoms with Gasteiger partial charge in [-0.05, 0) is 23.8 Å². The lowest BCUT2D eigenvalue weighted by Gasteiger charge is -2.35. The van der Waals surface area contributed by atoms with Gasteiger partial charge in [0, 0.05) is 40.9 Å². The molecular weight excluding hydrogens is 365 g/mol. The van der Waals surface area contributed by atoms with E-state index in [1.807, 2.05) is 29.8 Å². The maximum absolute atomic E-state index is 14.7. The van der Waals surface area contributed by atoms with Crippen molar-refractivity contribution in [3.8, 4) is 28.4 Å². The molecule has 0 amide bonds. The molecule has 0 saturated carbocycles. The number of nitrogens with zero attached hydrogens (tertiary/aromatic N) is 3. The highest BCUT2D eigenvalue weighted by Crippen LogP contribution is 2.54. The minimum Gasteiger partial charge on any atom is -0.497 e. The van der Waals surface area contributed by atoms with Crippen molar-refractivity contribution in [1.82, 2.24) is 9.97 Å². The second-order valence-corrected chi connectivity index (χ2v) is 7.16. The van der Waals surface area contributed by atoms with Crippen molar-refractivity contribution >= 4 is 17.3 Å². The van der Waals surface area contributed by atoms with Crippen LogP contribution in [0.2, 0.25) is 0 Å². The van der Waals surface area contributed by atoms with E-state index in [4.69, 9.17) is 14.5 Å². The topological polar surface area (TPSA) is 56.6 Å². The predicted octanol–water partition coefficient (Wildman–Crippen LogP) is 4.42. The van der Waals surface area contributed by atoms with Crippen LogP contribution in [0.15, 0.2) is 54.0 Å². The fraction of sp³-hybridized carbons (Fsp3) is 0.150. The van der Waals surface area contributed by atoms with Gasteiger partial charge < -0.3 is 9.47 Å². The second-order valence-electron chi connectivity index (χ2n) is 6.33. The van der Waals surface area contributed by atoms with Crippen molar-refractivity contribution < 1.29 is 13.9 Å². The Morgan fingerprint density at radius 1 is 1.11 bits per heavy atom. The first-order chi connectivity index (χ1) is 13.2. The molecule has 5 rings (SSSR count). The van der Waals surface area contributed by atoms with Crippen LogP contribution in [-0.4, -0.2) is 28.4 Å². The van der Waals surface area contributed by atoms with Gasteiger partial charge in [-0.2, -0.15) is 0 Å². The van der Waals surface area contributed by atoms with Crippen molar-refractivity contribution in [2.75, 3.05) is 12.9 Å². The first-order valence-corrected chi connectivity index (χ1v) is 9.37. The van der Waals surface area contributed by atoms with Crippen molar-refractivity contribution in [2.45, 2.75) is 5.54 Å². The molecule has 134 valence electrons. The number of fused-ring (bicyclic) bond motifs is 4. The van der Waals surface area contributed by atoms with E-state index in [2.05, 4.69) is 9.97 Å². The molecule has 0 fully saturated rings. The monoisotopic (exact) mass is 379 g/mol. The quantitative estimate of drug-likeness (QED) is 0.660. The predicted molar refractivity (Wildman–Crippen MR) is 102 cm³/mol. The molecule has 0 unspecified atom stereocenters. The van der Waals surface area contributed by atoms with Crippen molar-refractivity contribution in [2.24, 2.45) is 4.99 Å². The Hall–Kier alpha value is -2.93. The third-order valence-electron chi connectivity index (χ3n) is 4.87.